The van der Waals surface area contributed by atoms with Crippen molar-refractivity contribution in [3.8, 4) is 0 Å². The van der Waals surface area contributed by atoms with Crippen LogP contribution in [-0.2, 0) is 15.8 Å². The molecule has 0 saturated carbocycles. The van der Waals surface area contributed by atoms with Crippen molar-refractivity contribution in [2.24, 2.45) is 5.10 Å². The minimum Gasteiger partial charge on any atom is -0.279 e. The van der Waals surface area contributed by atoms with Crippen LogP contribution in [0.5, 0.6) is 0 Å². The van der Waals surface area contributed by atoms with Crippen LogP contribution in [0, 0.1) is 0 Å². The SMILES string of the molecule is CNS(=O)(=O)Cc1ccc(NN=CCCCCl)cc1. The number of hydrazone groups is 1. The van der Waals surface area contributed by atoms with E-state index in [0.29, 0.717) is 5.88 Å². The molecular formula is C12H18ClN3O2S. The highest BCUT2D eigenvalue weighted by atomic mass is 35.5. The van der Waals surface area contributed by atoms with Crippen LogP contribution in [-0.4, -0.2) is 27.6 Å². The first-order valence-corrected chi connectivity index (χ1v) is 8.10. The van der Waals surface area contributed by atoms with E-state index in [1.54, 1.807) is 30.5 Å². The monoisotopic (exact) mass is 303 g/mol. The molecule has 1 aromatic carbocycles. The number of hydrogen-bond donors (Lipinski definition) is 2. The molecule has 0 bridgehead atoms. The topological polar surface area (TPSA) is 70.6 Å². The first-order chi connectivity index (χ1) is 9.07. The van der Waals surface area contributed by atoms with E-state index in [9.17, 15) is 8.42 Å². The van der Waals surface area contributed by atoms with E-state index in [1.165, 1.54) is 7.05 Å². The molecule has 7 heteroatoms. The average Bonchev–Trinajstić information content (AvgIpc) is 2.40. The number of halogens is 1. The van der Waals surface area contributed by atoms with Crippen molar-refractivity contribution in [3.05, 3.63) is 29.8 Å². The number of anilines is 1. The molecule has 0 amide bonds. The minimum atomic E-state index is -3.23. The van der Waals surface area contributed by atoms with E-state index in [1.807, 2.05) is 0 Å². The van der Waals surface area contributed by atoms with Gasteiger partial charge in [0, 0.05) is 12.1 Å². The van der Waals surface area contributed by atoms with Crippen LogP contribution in [0.25, 0.3) is 0 Å². The van der Waals surface area contributed by atoms with Gasteiger partial charge in [0.25, 0.3) is 0 Å². The van der Waals surface area contributed by atoms with Gasteiger partial charge in [-0.05, 0) is 37.6 Å². The molecule has 19 heavy (non-hydrogen) atoms. The maximum absolute atomic E-state index is 11.4. The molecule has 0 fully saturated rings. The smallest absolute Gasteiger partial charge is 0.215 e. The highest BCUT2D eigenvalue weighted by Gasteiger charge is 2.07. The Morgan fingerprint density at radius 2 is 2.00 bits per heavy atom. The summed E-state index contributed by atoms with van der Waals surface area (Å²) >= 11 is 5.54. The maximum atomic E-state index is 11.4. The van der Waals surface area contributed by atoms with Crippen molar-refractivity contribution in [2.75, 3.05) is 18.4 Å². The molecule has 0 aliphatic carbocycles. The Labute approximate surface area is 119 Å². The van der Waals surface area contributed by atoms with Crippen LogP contribution in [0.15, 0.2) is 29.4 Å². The Kier molecular flexibility index (Phi) is 6.83. The average molecular weight is 304 g/mol. The van der Waals surface area contributed by atoms with E-state index < -0.39 is 10.0 Å². The van der Waals surface area contributed by atoms with Crippen LogP contribution < -0.4 is 10.1 Å². The number of nitrogens with zero attached hydrogens (tertiary/aromatic N) is 1. The van der Waals surface area contributed by atoms with E-state index in [4.69, 9.17) is 11.6 Å². The lowest BCUT2D eigenvalue weighted by atomic mass is 10.2. The summed E-state index contributed by atoms with van der Waals surface area (Å²) in [4.78, 5) is 0. The van der Waals surface area contributed by atoms with Gasteiger partial charge in [0.1, 0.15) is 0 Å². The van der Waals surface area contributed by atoms with Gasteiger partial charge in [-0.15, -0.1) is 11.6 Å². The van der Waals surface area contributed by atoms with Crippen LogP contribution in [0.4, 0.5) is 5.69 Å². The molecule has 0 aliphatic rings. The van der Waals surface area contributed by atoms with Crippen molar-refractivity contribution in [3.63, 3.8) is 0 Å². The first kappa shape index (κ1) is 15.9. The summed E-state index contributed by atoms with van der Waals surface area (Å²) in [7, 11) is -1.82. The Balaban J connectivity index is 2.50. The van der Waals surface area contributed by atoms with Crippen LogP contribution in [0.3, 0.4) is 0 Å². The molecule has 106 valence electrons. The molecule has 5 nitrogen and oxygen atoms in total. The number of sulfonamides is 1. The zero-order valence-corrected chi connectivity index (χ0v) is 12.3. The lowest BCUT2D eigenvalue weighted by Gasteiger charge is -2.04. The van der Waals surface area contributed by atoms with E-state index in [0.717, 1.165) is 24.1 Å². The third-order valence-corrected chi connectivity index (χ3v) is 3.98. The van der Waals surface area contributed by atoms with Gasteiger partial charge in [-0.2, -0.15) is 5.10 Å². The molecule has 1 aromatic rings. The zero-order valence-electron chi connectivity index (χ0n) is 10.8. The van der Waals surface area contributed by atoms with Crippen molar-refractivity contribution >= 4 is 33.5 Å². The maximum Gasteiger partial charge on any atom is 0.215 e. The molecule has 0 atom stereocenters. The summed E-state index contributed by atoms with van der Waals surface area (Å²) in [5, 5.41) is 4.04. The Bertz CT molecular complexity index is 500. The van der Waals surface area contributed by atoms with Crippen molar-refractivity contribution in [1.82, 2.24) is 4.72 Å². The predicted molar refractivity (Wildman–Crippen MR) is 80.2 cm³/mol. The largest absolute Gasteiger partial charge is 0.279 e. The third-order valence-electron chi connectivity index (χ3n) is 2.37. The fourth-order valence-corrected chi connectivity index (χ4v) is 2.25. The Morgan fingerprint density at radius 3 is 2.58 bits per heavy atom. The lowest BCUT2D eigenvalue weighted by Crippen LogP contribution is -2.20. The van der Waals surface area contributed by atoms with Crippen molar-refractivity contribution in [2.45, 2.75) is 18.6 Å². The summed E-state index contributed by atoms with van der Waals surface area (Å²) in [6, 6.07) is 7.09. The second kappa shape index (κ2) is 8.14. The van der Waals surface area contributed by atoms with Gasteiger partial charge in [0.2, 0.25) is 10.0 Å². The predicted octanol–water partition coefficient (Wildman–Crippen LogP) is 2.15. The van der Waals surface area contributed by atoms with Gasteiger partial charge in [-0.1, -0.05) is 12.1 Å². The summed E-state index contributed by atoms with van der Waals surface area (Å²) in [6.45, 7) is 0. The Morgan fingerprint density at radius 1 is 1.32 bits per heavy atom. The number of unbranched alkanes of at least 4 members (excludes halogenated alkanes) is 1. The normalized spacial score (nSPS) is 11.9. The van der Waals surface area contributed by atoms with Crippen molar-refractivity contribution < 1.29 is 8.42 Å². The molecule has 0 aromatic heterocycles. The fourth-order valence-electron chi connectivity index (χ4n) is 1.32. The quantitative estimate of drug-likeness (QED) is 0.334. The summed E-state index contributed by atoms with van der Waals surface area (Å²) < 4.78 is 25.0. The number of rotatable bonds is 8. The van der Waals surface area contributed by atoms with Gasteiger partial charge in [0.15, 0.2) is 0 Å². The molecule has 1 rings (SSSR count). The second-order valence-electron chi connectivity index (χ2n) is 3.91. The summed E-state index contributed by atoms with van der Waals surface area (Å²) in [6.07, 6.45) is 3.49. The molecule has 0 radical (unpaired) electrons. The van der Waals surface area contributed by atoms with Crippen molar-refractivity contribution in [1.29, 1.82) is 0 Å². The second-order valence-corrected chi connectivity index (χ2v) is 6.22. The minimum absolute atomic E-state index is 0.0250. The molecule has 0 spiro atoms. The standard InChI is InChI=1S/C12H18ClN3O2S/c1-14-19(17,18)10-11-4-6-12(7-5-11)16-15-9-3-2-8-13/h4-7,9,14,16H,2-3,8,10H2,1H3. The number of benzene rings is 1. The lowest BCUT2D eigenvalue weighted by molar-refractivity contribution is 0.587. The number of alkyl halides is 1. The third kappa shape index (κ3) is 6.56. The number of nitrogens with one attached hydrogen (secondary N) is 2. The van der Waals surface area contributed by atoms with Gasteiger partial charge < -0.3 is 0 Å². The van der Waals surface area contributed by atoms with Gasteiger partial charge >= 0.3 is 0 Å². The highest BCUT2D eigenvalue weighted by molar-refractivity contribution is 7.88. The highest BCUT2D eigenvalue weighted by Crippen LogP contribution is 2.11. The molecule has 2 N–H and O–H groups in total. The fraction of sp³-hybridized carbons (Fsp3) is 0.417. The number of hydrogen-bond acceptors (Lipinski definition) is 4. The Hall–Kier alpha value is -1.11. The molecule has 0 heterocycles. The van der Waals surface area contributed by atoms with Gasteiger partial charge in [0.05, 0.1) is 11.4 Å². The van der Waals surface area contributed by atoms with E-state index in [2.05, 4.69) is 15.2 Å². The molecule has 0 unspecified atom stereocenters. The summed E-state index contributed by atoms with van der Waals surface area (Å²) in [5.74, 6) is 0.601. The van der Waals surface area contributed by atoms with Gasteiger partial charge in [-0.25, -0.2) is 13.1 Å². The molecule has 0 saturated heterocycles. The molecular weight excluding hydrogens is 286 g/mol. The van der Waals surface area contributed by atoms with Crippen LogP contribution in [0.2, 0.25) is 0 Å². The van der Waals surface area contributed by atoms with Gasteiger partial charge in [-0.3, -0.25) is 5.43 Å². The van der Waals surface area contributed by atoms with Crippen LogP contribution >= 0.6 is 11.6 Å². The molecule has 0 aliphatic heterocycles. The van der Waals surface area contributed by atoms with E-state index >= 15 is 0 Å². The first-order valence-electron chi connectivity index (χ1n) is 5.91. The van der Waals surface area contributed by atoms with E-state index in [-0.39, 0.29) is 5.75 Å². The van der Waals surface area contributed by atoms with Crippen LogP contribution in [0.1, 0.15) is 18.4 Å². The zero-order chi connectivity index (χ0) is 14.1. The summed E-state index contributed by atoms with van der Waals surface area (Å²) in [5.41, 5.74) is 4.41.